The lowest BCUT2D eigenvalue weighted by atomic mass is 9.88. The fourth-order valence-corrected chi connectivity index (χ4v) is 2.88. The number of benzene rings is 2. The largest absolute Gasteiger partial charge is 0.507 e. The molecule has 0 saturated carbocycles. The lowest BCUT2D eigenvalue weighted by molar-refractivity contribution is 0.0956. The highest BCUT2D eigenvalue weighted by molar-refractivity contribution is 6.28. The number of alkyl halides is 1. The zero-order valence-electron chi connectivity index (χ0n) is 12.3. The van der Waals surface area contributed by atoms with Crippen LogP contribution in [0.5, 0.6) is 5.75 Å². The molecule has 1 atom stereocenters. The number of carbonyl (C=O) groups excluding carboxylic acids is 2. The Balaban J connectivity index is 1.83. The predicted octanol–water partition coefficient (Wildman–Crippen LogP) is 3.82. The summed E-state index contributed by atoms with van der Waals surface area (Å²) in [6, 6.07) is 13.8. The average Bonchev–Trinajstić information content (AvgIpc) is 3.05. The van der Waals surface area contributed by atoms with Crippen molar-refractivity contribution in [3.63, 3.8) is 0 Å². The minimum absolute atomic E-state index is 0.0254. The maximum absolute atomic E-state index is 14.7. The van der Waals surface area contributed by atoms with Gasteiger partial charge in [-0.1, -0.05) is 36.4 Å². The van der Waals surface area contributed by atoms with Crippen LogP contribution in [0.2, 0.25) is 0 Å². The fourth-order valence-electron chi connectivity index (χ4n) is 2.88. The molecule has 24 heavy (non-hydrogen) atoms. The van der Waals surface area contributed by atoms with Gasteiger partial charge in [-0.2, -0.15) is 0 Å². The van der Waals surface area contributed by atoms with Crippen LogP contribution in [0.4, 0.5) is 4.39 Å². The number of aromatic hydroxyl groups is 1. The van der Waals surface area contributed by atoms with Gasteiger partial charge in [-0.05, 0) is 23.8 Å². The van der Waals surface area contributed by atoms with Crippen LogP contribution < -0.4 is 0 Å². The van der Waals surface area contributed by atoms with Gasteiger partial charge >= 0.3 is 0 Å². The first-order chi connectivity index (χ1) is 11.6. The van der Waals surface area contributed by atoms with E-state index in [2.05, 4.69) is 0 Å². The molecular weight excluding hydrogens is 311 g/mol. The summed E-state index contributed by atoms with van der Waals surface area (Å²) < 4.78 is 20.0. The Morgan fingerprint density at radius 1 is 0.917 bits per heavy atom. The van der Waals surface area contributed by atoms with Gasteiger partial charge in [0.15, 0.2) is 11.9 Å². The van der Waals surface area contributed by atoms with E-state index in [1.54, 1.807) is 30.3 Å². The summed E-state index contributed by atoms with van der Waals surface area (Å²) in [7, 11) is 0. The number of carbonyl (C=O) groups is 2. The highest BCUT2D eigenvalue weighted by atomic mass is 19.1. The van der Waals surface area contributed by atoms with Crippen molar-refractivity contribution >= 4 is 11.6 Å². The van der Waals surface area contributed by atoms with Crippen molar-refractivity contribution in [1.82, 2.24) is 0 Å². The Labute approximate surface area is 136 Å². The smallest absolute Gasteiger partial charge is 0.229 e. The fraction of sp³-hybridized carbons (Fsp3) is 0.0526. The molecular formula is C19H11FO4. The van der Waals surface area contributed by atoms with E-state index in [-0.39, 0.29) is 34.0 Å². The van der Waals surface area contributed by atoms with E-state index in [1.807, 2.05) is 0 Å². The first-order valence-electron chi connectivity index (χ1n) is 7.32. The Morgan fingerprint density at radius 2 is 1.67 bits per heavy atom. The number of furan rings is 1. The van der Waals surface area contributed by atoms with Crippen LogP contribution in [0.3, 0.4) is 0 Å². The van der Waals surface area contributed by atoms with Crippen LogP contribution in [0, 0.1) is 0 Å². The summed E-state index contributed by atoms with van der Waals surface area (Å²) in [6.07, 6.45) is -1.59. The second-order valence-electron chi connectivity index (χ2n) is 5.52. The van der Waals surface area contributed by atoms with E-state index in [0.29, 0.717) is 5.56 Å². The van der Waals surface area contributed by atoms with Crippen LogP contribution >= 0.6 is 0 Å². The Bertz CT molecular complexity index is 972. The Hall–Kier alpha value is -3.21. The highest BCUT2D eigenvalue weighted by Crippen LogP contribution is 2.37. The van der Waals surface area contributed by atoms with Gasteiger partial charge in [0.25, 0.3) is 0 Å². The SMILES string of the molecule is O=C1c2cccc(O)c2C(=O)c2cc(C(F)c3ccccc3)oc21. The van der Waals surface area contributed by atoms with Crippen molar-refractivity contribution < 1.29 is 23.5 Å². The number of phenolic OH excluding ortho intramolecular Hbond substituents is 1. The summed E-state index contributed by atoms with van der Waals surface area (Å²) in [5.74, 6) is -1.67. The number of rotatable bonds is 2. The normalized spacial score (nSPS) is 14.2. The van der Waals surface area contributed by atoms with Crippen molar-refractivity contribution in [2.45, 2.75) is 6.17 Å². The molecule has 0 amide bonds. The van der Waals surface area contributed by atoms with Crippen molar-refractivity contribution in [1.29, 1.82) is 0 Å². The minimum atomic E-state index is -1.59. The number of fused-ring (bicyclic) bond motifs is 2. The molecule has 118 valence electrons. The molecule has 0 fully saturated rings. The third-order valence-electron chi connectivity index (χ3n) is 4.06. The van der Waals surface area contributed by atoms with Crippen LogP contribution in [0.1, 0.15) is 49.5 Å². The van der Waals surface area contributed by atoms with Crippen molar-refractivity contribution in [2.75, 3.05) is 0 Å². The summed E-state index contributed by atoms with van der Waals surface area (Å²) in [5.41, 5.74) is 0.326. The quantitative estimate of drug-likeness (QED) is 0.609. The number of hydrogen-bond acceptors (Lipinski definition) is 4. The molecule has 0 aliphatic heterocycles. The molecule has 5 heteroatoms. The second-order valence-corrected chi connectivity index (χ2v) is 5.52. The number of phenols is 1. The Kier molecular flexibility index (Phi) is 3.09. The van der Waals surface area contributed by atoms with Gasteiger partial charge in [0.2, 0.25) is 11.6 Å². The van der Waals surface area contributed by atoms with E-state index >= 15 is 0 Å². The zero-order chi connectivity index (χ0) is 16.8. The van der Waals surface area contributed by atoms with E-state index < -0.39 is 17.7 Å². The molecule has 1 aliphatic carbocycles. The molecule has 2 aromatic carbocycles. The van der Waals surface area contributed by atoms with Crippen LogP contribution in [0.25, 0.3) is 0 Å². The third-order valence-corrected chi connectivity index (χ3v) is 4.06. The first-order valence-corrected chi connectivity index (χ1v) is 7.32. The van der Waals surface area contributed by atoms with Crippen LogP contribution in [-0.2, 0) is 0 Å². The molecule has 0 spiro atoms. The van der Waals surface area contributed by atoms with Gasteiger partial charge in [0.1, 0.15) is 11.5 Å². The Morgan fingerprint density at radius 3 is 2.42 bits per heavy atom. The molecule has 0 bridgehead atoms. The molecule has 1 heterocycles. The summed E-state index contributed by atoms with van der Waals surface area (Å²) >= 11 is 0. The molecule has 1 unspecified atom stereocenters. The lowest BCUT2D eigenvalue weighted by Gasteiger charge is -2.13. The second kappa shape index (κ2) is 5.16. The third kappa shape index (κ3) is 1.98. The van der Waals surface area contributed by atoms with Gasteiger partial charge < -0.3 is 9.52 Å². The average molecular weight is 322 g/mol. The van der Waals surface area contributed by atoms with Gasteiger partial charge in [-0.15, -0.1) is 0 Å². The number of ketones is 2. The molecule has 3 aromatic rings. The topological polar surface area (TPSA) is 67.5 Å². The maximum Gasteiger partial charge on any atom is 0.229 e. The molecule has 1 N–H and O–H groups in total. The van der Waals surface area contributed by atoms with Crippen LogP contribution in [-0.4, -0.2) is 16.7 Å². The van der Waals surface area contributed by atoms with Crippen molar-refractivity contribution in [2.24, 2.45) is 0 Å². The minimum Gasteiger partial charge on any atom is -0.507 e. The molecule has 0 radical (unpaired) electrons. The summed E-state index contributed by atoms with van der Waals surface area (Å²) in [4.78, 5) is 25.1. The molecule has 4 rings (SSSR count). The van der Waals surface area contributed by atoms with Gasteiger partial charge in [-0.3, -0.25) is 9.59 Å². The van der Waals surface area contributed by atoms with Crippen LogP contribution in [0.15, 0.2) is 59.0 Å². The van der Waals surface area contributed by atoms with Gasteiger partial charge in [0, 0.05) is 5.56 Å². The highest BCUT2D eigenvalue weighted by Gasteiger charge is 2.36. The van der Waals surface area contributed by atoms with Gasteiger partial charge in [0.05, 0.1) is 11.1 Å². The molecule has 1 aliphatic rings. The van der Waals surface area contributed by atoms with E-state index in [4.69, 9.17) is 4.42 Å². The summed E-state index contributed by atoms with van der Waals surface area (Å²) in [5, 5.41) is 9.89. The van der Waals surface area contributed by atoms with Gasteiger partial charge in [-0.25, -0.2) is 4.39 Å². The molecule has 1 aromatic heterocycles. The van der Waals surface area contributed by atoms with E-state index in [9.17, 15) is 19.1 Å². The molecule has 4 nitrogen and oxygen atoms in total. The molecule has 0 saturated heterocycles. The maximum atomic E-state index is 14.7. The van der Waals surface area contributed by atoms with E-state index in [0.717, 1.165) is 0 Å². The number of hydrogen-bond donors (Lipinski definition) is 1. The lowest BCUT2D eigenvalue weighted by Crippen LogP contribution is -2.19. The van der Waals surface area contributed by atoms with Crippen molar-refractivity contribution in [3.05, 3.63) is 88.4 Å². The zero-order valence-corrected chi connectivity index (χ0v) is 12.3. The first kappa shape index (κ1) is 14.4. The van der Waals surface area contributed by atoms with E-state index in [1.165, 1.54) is 24.3 Å². The number of halogens is 1. The van der Waals surface area contributed by atoms with Crippen molar-refractivity contribution in [3.8, 4) is 5.75 Å². The standard InChI is InChI=1S/C19H11FO4/c20-16(10-5-2-1-3-6-10)14-9-12-17(22)15-11(7-4-8-13(15)21)18(23)19(12)24-14/h1-9,16,21H. The summed E-state index contributed by atoms with van der Waals surface area (Å²) in [6.45, 7) is 0. The monoisotopic (exact) mass is 322 g/mol. The predicted molar refractivity (Wildman–Crippen MR) is 83.1 cm³/mol.